The van der Waals surface area contributed by atoms with Crippen molar-refractivity contribution in [3.05, 3.63) is 98.2 Å². The van der Waals surface area contributed by atoms with Crippen molar-refractivity contribution in [2.75, 3.05) is 5.75 Å². The van der Waals surface area contributed by atoms with E-state index in [1.807, 2.05) is 30.3 Å². The number of fused-ring (bicyclic) bond motifs is 1. The van der Waals surface area contributed by atoms with E-state index in [0.29, 0.717) is 26.8 Å². The summed E-state index contributed by atoms with van der Waals surface area (Å²) in [5.41, 5.74) is 4.31. The molecule has 0 spiro atoms. The Labute approximate surface area is 201 Å². The van der Waals surface area contributed by atoms with Gasteiger partial charge >= 0.3 is 0 Å². The number of thioether (sulfide) groups is 1. The van der Waals surface area contributed by atoms with Crippen molar-refractivity contribution in [3.8, 4) is 5.69 Å². The minimum absolute atomic E-state index is 0.0334. The normalized spacial score (nSPS) is 11.2. The number of carbonyl (C=O) groups is 1. The van der Waals surface area contributed by atoms with Gasteiger partial charge in [-0.2, -0.15) is 5.10 Å². The van der Waals surface area contributed by atoms with Crippen LogP contribution < -0.4 is 11.0 Å². The number of benzene rings is 3. The maximum absolute atomic E-state index is 13.2. The summed E-state index contributed by atoms with van der Waals surface area (Å²) in [5.74, 6) is -0.283. The second-order valence-electron chi connectivity index (χ2n) is 6.63. The first kappa shape index (κ1) is 22.3. The second-order valence-corrected chi connectivity index (χ2v) is 8.87. The number of carbonyl (C=O) groups excluding carboxylic acids is 1. The van der Waals surface area contributed by atoms with Crippen LogP contribution in [0.5, 0.6) is 0 Å². The summed E-state index contributed by atoms with van der Waals surface area (Å²) in [4.78, 5) is 30.1. The van der Waals surface area contributed by atoms with Gasteiger partial charge in [-0.1, -0.05) is 69.6 Å². The lowest BCUT2D eigenvalue weighted by Gasteiger charge is -2.13. The highest BCUT2D eigenvalue weighted by Gasteiger charge is 2.14. The van der Waals surface area contributed by atoms with Crippen molar-refractivity contribution >= 4 is 62.3 Å². The monoisotopic (exact) mass is 526 g/mol. The zero-order valence-electron chi connectivity index (χ0n) is 16.5. The highest BCUT2D eigenvalue weighted by atomic mass is 79.9. The summed E-state index contributed by atoms with van der Waals surface area (Å²) in [5, 5.41) is 5.46. The maximum Gasteiger partial charge on any atom is 0.266 e. The van der Waals surface area contributed by atoms with E-state index in [0.717, 1.165) is 21.8 Å². The molecule has 1 amide bonds. The molecule has 0 aliphatic heterocycles. The van der Waals surface area contributed by atoms with Crippen molar-refractivity contribution in [2.45, 2.75) is 5.16 Å². The standard InChI is InChI=1S/C23H16BrClN4O2S/c24-19-7-3-1-5-15(19)13-26-28-21(30)14-32-23-27-20-8-4-2-6-18(20)22(31)29(23)17-11-9-16(25)10-12-17/h1-13H,14H2,(H,28,30). The number of hydrogen-bond donors (Lipinski definition) is 1. The van der Waals surface area contributed by atoms with Crippen molar-refractivity contribution in [3.63, 3.8) is 0 Å². The highest BCUT2D eigenvalue weighted by molar-refractivity contribution is 9.10. The molecule has 0 atom stereocenters. The van der Waals surface area contributed by atoms with Gasteiger partial charge in [0.15, 0.2) is 5.16 Å². The van der Waals surface area contributed by atoms with E-state index < -0.39 is 0 Å². The molecule has 9 heteroatoms. The molecule has 0 unspecified atom stereocenters. The molecule has 1 aromatic heterocycles. The lowest BCUT2D eigenvalue weighted by atomic mass is 10.2. The summed E-state index contributed by atoms with van der Waals surface area (Å²) >= 11 is 10.6. The third-order valence-corrected chi connectivity index (χ3v) is 6.37. The Balaban J connectivity index is 1.57. The molecule has 32 heavy (non-hydrogen) atoms. The van der Waals surface area contributed by atoms with Gasteiger partial charge in [0.1, 0.15) is 0 Å². The van der Waals surface area contributed by atoms with Crippen LogP contribution in [0.15, 0.2) is 92.3 Å². The predicted octanol–water partition coefficient (Wildman–Crippen LogP) is 5.04. The SMILES string of the molecule is O=C(CSc1nc2ccccc2c(=O)n1-c1ccc(Cl)cc1)NN=Cc1ccccc1Br. The maximum atomic E-state index is 13.2. The van der Waals surface area contributed by atoms with Gasteiger partial charge < -0.3 is 0 Å². The average Bonchev–Trinajstić information content (AvgIpc) is 2.80. The molecule has 4 aromatic rings. The fourth-order valence-corrected chi connectivity index (χ4v) is 4.26. The molecule has 1 heterocycles. The largest absolute Gasteiger partial charge is 0.272 e. The number of hydrogen-bond acceptors (Lipinski definition) is 5. The molecule has 0 saturated carbocycles. The average molecular weight is 528 g/mol. The zero-order chi connectivity index (χ0) is 22.5. The van der Waals surface area contributed by atoms with E-state index >= 15 is 0 Å². The van der Waals surface area contributed by atoms with Crippen LogP contribution in [0.25, 0.3) is 16.6 Å². The Morgan fingerprint density at radius 1 is 1.09 bits per heavy atom. The van der Waals surface area contributed by atoms with Crippen LogP contribution in [-0.2, 0) is 4.79 Å². The summed E-state index contributed by atoms with van der Waals surface area (Å²) < 4.78 is 2.36. The van der Waals surface area contributed by atoms with E-state index in [-0.39, 0.29) is 17.2 Å². The molecule has 0 radical (unpaired) electrons. The fraction of sp³-hybridized carbons (Fsp3) is 0.0435. The predicted molar refractivity (Wildman–Crippen MR) is 133 cm³/mol. The van der Waals surface area contributed by atoms with Crippen molar-refractivity contribution < 1.29 is 4.79 Å². The molecule has 0 fully saturated rings. The Bertz CT molecular complexity index is 1370. The van der Waals surface area contributed by atoms with Gasteiger partial charge in [0, 0.05) is 15.1 Å². The van der Waals surface area contributed by atoms with E-state index in [2.05, 4.69) is 31.4 Å². The van der Waals surface area contributed by atoms with Gasteiger partial charge in [-0.25, -0.2) is 10.4 Å². The third kappa shape index (κ3) is 5.09. The Morgan fingerprint density at radius 2 is 1.81 bits per heavy atom. The van der Waals surface area contributed by atoms with E-state index in [1.54, 1.807) is 48.7 Å². The summed E-state index contributed by atoms with van der Waals surface area (Å²) in [6, 6.07) is 21.5. The van der Waals surface area contributed by atoms with Crippen molar-refractivity contribution in [1.82, 2.24) is 15.0 Å². The first-order valence-corrected chi connectivity index (χ1v) is 11.7. The molecule has 0 aliphatic rings. The van der Waals surface area contributed by atoms with Crippen LogP contribution in [0.3, 0.4) is 0 Å². The number of nitrogens with zero attached hydrogens (tertiary/aromatic N) is 3. The number of para-hydroxylation sites is 1. The van der Waals surface area contributed by atoms with Crippen LogP contribution in [0.2, 0.25) is 5.02 Å². The van der Waals surface area contributed by atoms with E-state index in [1.165, 1.54) is 4.57 Å². The molecule has 1 N–H and O–H groups in total. The van der Waals surface area contributed by atoms with Gasteiger partial charge in [0.2, 0.25) is 0 Å². The number of nitrogens with one attached hydrogen (secondary N) is 1. The zero-order valence-corrected chi connectivity index (χ0v) is 19.7. The molecule has 4 rings (SSSR count). The fourth-order valence-electron chi connectivity index (χ4n) is 2.94. The lowest BCUT2D eigenvalue weighted by Crippen LogP contribution is -2.24. The Morgan fingerprint density at radius 3 is 2.59 bits per heavy atom. The number of rotatable bonds is 6. The Kier molecular flexibility index (Phi) is 7.04. The van der Waals surface area contributed by atoms with Crippen LogP contribution in [0.4, 0.5) is 0 Å². The summed E-state index contributed by atoms with van der Waals surface area (Å²) in [6.45, 7) is 0. The Hall–Kier alpha value is -2.94. The molecular weight excluding hydrogens is 512 g/mol. The number of amides is 1. The van der Waals surface area contributed by atoms with Gasteiger partial charge in [0.25, 0.3) is 11.5 Å². The van der Waals surface area contributed by atoms with Gasteiger partial charge in [-0.05, 0) is 42.5 Å². The van der Waals surface area contributed by atoms with E-state index in [4.69, 9.17) is 11.6 Å². The van der Waals surface area contributed by atoms with E-state index in [9.17, 15) is 9.59 Å². The number of halogens is 2. The molecule has 6 nitrogen and oxygen atoms in total. The molecular formula is C23H16BrClN4O2S. The molecule has 0 bridgehead atoms. The minimum atomic E-state index is -0.316. The minimum Gasteiger partial charge on any atom is -0.272 e. The van der Waals surface area contributed by atoms with Crippen LogP contribution >= 0.6 is 39.3 Å². The first-order valence-electron chi connectivity index (χ1n) is 9.50. The quantitative estimate of drug-likeness (QED) is 0.165. The van der Waals surface area contributed by atoms with Crippen LogP contribution in [-0.4, -0.2) is 27.4 Å². The number of aromatic nitrogens is 2. The summed E-state index contributed by atoms with van der Waals surface area (Å²) in [7, 11) is 0. The first-order chi connectivity index (χ1) is 15.5. The summed E-state index contributed by atoms with van der Waals surface area (Å²) in [6.07, 6.45) is 1.56. The highest BCUT2D eigenvalue weighted by Crippen LogP contribution is 2.22. The van der Waals surface area contributed by atoms with Gasteiger partial charge in [-0.15, -0.1) is 0 Å². The molecule has 160 valence electrons. The smallest absolute Gasteiger partial charge is 0.266 e. The van der Waals surface area contributed by atoms with Crippen molar-refractivity contribution in [1.29, 1.82) is 0 Å². The van der Waals surface area contributed by atoms with Crippen molar-refractivity contribution in [2.24, 2.45) is 5.10 Å². The number of hydrazone groups is 1. The molecule has 0 saturated heterocycles. The van der Waals surface area contributed by atoms with Crippen LogP contribution in [0, 0.1) is 0 Å². The van der Waals surface area contributed by atoms with Crippen LogP contribution in [0.1, 0.15) is 5.56 Å². The molecule has 0 aliphatic carbocycles. The van der Waals surface area contributed by atoms with Gasteiger partial charge in [-0.3, -0.25) is 14.2 Å². The topological polar surface area (TPSA) is 76.3 Å². The molecule has 3 aromatic carbocycles. The third-order valence-electron chi connectivity index (χ3n) is 4.46. The van der Waals surface area contributed by atoms with Gasteiger partial charge in [0.05, 0.1) is 28.6 Å². The lowest BCUT2D eigenvalue weighted by molar-refractivity contribution is -0.118. The second kappa shape index (κ2) is 10.1.